The maximum absolute atomic E-state index is 13.3. The number of nitrogens with two attached hydrogens (primary N) is 4. The van der Waals surface area contributed by atoms with Crippen LogP contribution in [-0.4, -0.2) is 194 Å². The number of Topliss-reactive ketones (excluding diaryl/α,β-unsaturated/α-hetero) is 1. The molecule has 118 heavy (non-hydrogen) atoms. The molecule has 0 unspecified atom stereocenters. The highest BCUT2D eigenvalue weighted by atomic mass is 127. The van der Waals surface area contributed by atoms with E-state index in [4.69, 9.17) is 61.8 Å². The number of rotatable bonds is 10. The molecule has 18 rings (SSSR count). The number of ether oxygens (including phenoxy) is 2. The Morgan fingerprint density at radius 3 is 1.44 bits per heavy atom. The zero-order valence-corrected chi connectivity index (χ0v) is 72.5. The zero-order valence-electron chi connectivity index (χ0n) is 67.2. The predicted octanol–water partition coefficient (Wildman–Crippen LogP) is 11.7. The smallest absolute Gasteiger partial charge is 0.543 e. The number of hydrogen-bond acceptors (Lipinski definition) is 29. The van der Waals surface area contributed by atoms with Gasteiger partial charge in [0.15, 0.2) is 28.5 Å². The van der Waals surface area contributed by atoms with Crippen LogP contribution < -0.4 is 32.0 Å². The molecule has 4 fully saturated rings. The number of aliphatic hydroxyl groups is 4. The monoisotopic (exact) mass is 1850 g/mol. The van der Waals surface area contributed by atoms with Gasteiger partial charge in [0.25, 0.3) is 0 Å². The number of fused-ring (bicyclic) bond motifs is 7. The molecule has 619 valence electrons. The summed E-state index contributed by atoms with van der Waals surface area (Å²) in [4.78, 5) is 73.6. The molecule has 0 aliphatic heterocycles. The fourth-order valence-electron chi connectivity index (χ4n) is 13.8. The van der Waals surface area contributed by atoms with Gasteiger partial charge in [0, 0.05) is 47.7 Å². The average Bonchev–Trinajstić information content (AvgIpc) is 1.59. The number of H-pyrrole nitrogens is 1. The van der Waals surface area contributed by atoms with Gasteiger partial charge in [-0.25, -0.2) is 77.3 Å². The van der Waals surface area contributed by atoms with E-state index in [1.165, 1.54) is 34.4 Å². The van der Waals surface area contributed by atoms with Crippen LogP contribution in [0.4, 0.5) is 32.9 Å². The normalized spacial score (nSPS) is 17.9. The second-order valence-electron chi connectivity index (χ2n) is 32.8. The Morgan fingerprint density at radius 1 is 0.534 bits per heavy atom. The Labute approximate surface area is 704 Å². The van der Waals surface area contributed by atoms with E-state index < -0.39 is 31.7 Å². The first-order chi connectivity index (χ1) is 55.8. The zero-order chi connectivity index (χ0) is 85.1. The van der Waals surface area contributed by atoms with Crippen LogP contribution in [0.25, 0.3) is 99.6 Å². The number of nitrogen functional groups attached to an aromatic ring is 4. The summed E-state index contributed by atoms with van der Waals surface area (Å²) < 4.78 is 34.3. The van der Waals surface area contributed by atoms with Crippen LogP contribution in [0.3, 0.4) is 0 Å². The van der Waals surface area contributed by atoms with E-state index in [0.717, 1.165) is 93.6 Å². The van der Waals surface area contributed by atoms with Crippen molar-refractivity contribution in [3.63, 3.8) is 0 Å². The Kier molecular flexibility index (Phi) is 24.2. The summed E-state index contributed by atoms with van der Waals surface area (Å²) in [6.07, 6.45) is 8.82. The van der Waals surface area contributed by atoms with Crippen molar-refractivity contribution in [2.75, 3.05) is 30.0 Å². The number of carbonyl (C=O) groups excluding carboxylic acids is 3. The van der Waals surface area contributed by atoms with Crippen molar-refractivity contribution in [1.82, 2.24) is 93.1 Å². The molecule has 0 spiro atoms. The molecule has 36 nitrogen and oxygen atoms in total. The minimum Gasteiger partial charge on any atom is -0.543 e. The molecule has 14 aromatic rings. The number of phenols is 1. The van der Waals surface area contributed by atoms with Gasteiger partial charge in [-0.3, -0.25) is 4.79 Å². The van der Waals surface area contributed by atoms with Crippen LogP contribution in [0.5, 0.6) is 17.4 Å². The number of aryl methyl sites for hydroxylation is 1. The minimum absolute atomic E-state index is 0.0112. The number of aromatic hydroxyl groups is 1. The number of aromatic amines is 1. The molecular formula is C78H93BI2N23O13Si. The fraction of sp³-hybridized carbons (Fsp3) is 0.397. The lowest BCUT2D eigenvalue weighted by molar-refractivity contribution is -0.126. The SMILES string of the molecule is CC(C)(C)OC(=O)n1c(O[B]O)cc2cc(O[Si](C)(C)C(C)(C)C)ccc21.CO.Cc1ccc2c(c1)cc(-c1nn(C3CC(O)C3)c3ncnc(N)c13)n2C(=O)OC(C)(C)C.Nc1ncnc2c1c(-c1cc3cc(O)ccc3[nH]1)nn2C1CC(O)C1.Nc1ncnc2c1c(I)nn2C1CC(=O)C1.Nc1ncnc2c1c(I)nn2C1CC(O)C1. The van der Waals surface area contributed by atoms with Crippen LogP contribution in [-0.2, 0) is 14.3 Å². The number of halogens is 2. The number of anilines is 4. The minimum atomic E-state index is -1.98. The van der Waals surface area contributed by atoms with E-state index >= 15 is 0 Å². The van der Waals surface area contributed by atoms with Crippen molar-refractivity contribution in [3.05, 3.63) is 111 Å². The van der Waals surface area contributed by atoms with E-state index in [2.05, 4.69) is 134 Å². The largest absolute Gasteiger partial charge is 0.570 e. The van der Waals surface area contributed by atoms with E-state index in [-0.39, 0.29) is 70.7 Å². The van der Waals surface area contributed by atoms with Gasteiger partial charge in [0.1, 0.15) is 95.9 Å². The van der Waals surface area contributed by atoms with Crippen LogP contribution in [0.15, 0.2) is 98.1 Å². The quantitative estimate of drug-likeness (QED) is 0.0447. The van der Waals surface area contributed by atoms with Crippen molar-refractivity contribution in [3.8, 4) is 40.2 Å². The van der Waals surface area contributed by atoms with Gasteiger partial charge in [0.05, 0.1) is 86.4 Å². The molecule has 15 N–H and O–H groups in total. The number of nitrogens with zero attached hydrogens (tertiary/aromatic N) is 18. The molecule has 40 heteroatoms. The third-order valence-electron chi connectivity index (χ3n) is 20.9. The van der Waals surface area contributed by atoms with Gasteiger partial charge in [0.2, 0.25) is 8.32 Å². The molecule has 0 bridgehead atoms. The lowest BCUT2D eigenvalue weighted by atomic mass is 9.90. The standard InChI is InChI=1S/C23H26N6O3.C19H29BNO5Si.C17H16N6O2.C9H10IN5O.C9H8IN5O.CH4O/c1-12-5-6-16-13(7-12)8-17(28(16)22(31)32-23(2,3)4)19-18-20(24)25-11-26-21(18)29(27-19)14-9-15(30)10-14;1-18(2,3)24-17(22)21-15-10-9-14(26-27(7,8)19(4,5)6)11-13(15)12-16(21)25-20-23;18-16-14-15(13-4-8-3-10(24)1-2-12(8)21-13)22-23(9-5-11(25)6-9)17(14)20-7-19-16;2*10-7-6-8(11)12-3-13-9(6)15(14-7)4-1-5(16)2-4;1-2/h5-8,11,14-15,30H,9-10H2,1-4H3,(H2,24,25,26);9-12,23H,1-8H3;1-4,7,9,11,21,24-25H,5-6H2,(H2,18,19,20);3-5,16H,1-2H2,(H2,11,12,13);3-4H,1-2H2,(H2,11,12,13);2H,1H3. The molecule has 3 aromatic carbocycles. The van der Waals surface area contributed by atoms with Crippen LogP contribution in [0, 0.1) is 14.3 Å². The number of benzene rings is 3. The van der Waals surface area contributed by atoms with E-state index in [9.17, 15) is 34.8 Å². The van der Waals surface area contributed by atoms with Gasteiger partial charge in [-0.05, 0) is 211 Å². The maximum Gasteiger partial charge on any atom is 0.570 e. The Morgan fingerprint density at radius 2 is 0.966 bits per heavy atom. The van der Waals surface area contributed by atoms with Gasteiger partial charge in [-0.2, -0.15) is 20.4 Å². The van der Waals surface area contributed by atoms with Crippen molar-refractivity contribution in [1.29, 1.82) is 0 Å². The number of carbonyl (C=O) groups is 3. The van der Waals surface area contributed by atoms with Gasteiger partial charge in [-0.1, -0.05) is 32.4 Å². The second-order valence-corrected chi connectivity index (χ2v) is 39.6. The predicted molar refractivity (Wildman–Crippen MR) is 465 cm³/mol. The molecule has 1 radical (unpaired) electrons. The molecule has 0 saturated heterocycles. The number of ketones is 1. The first-order valence-corrected chi connectivity index (χ1v) is 43.0. The van der Waals surface area contributed by atoms with Crippen molar-refractivity contribution in [2.45, 2.75) is 192 Å². The number of aromatic nitrogens is 19. The topological polar surface area (TPSA) is 514 Å². The first kappa shape index (κ1) is 85.1. The number of aliphatic hydroxyl groups excluding tert-OH is 4. The fourth-order valence-corrected chi connectivity index (χ4v) is 16.3. The number of phenolic OH excluding ortho intramolecular Hbond substituents is 1. The molecule has 4 aliphatic carbocycles. The summed E-state index contributed by atoms with van der Waals surface area (Å²) in [6.45, 7) is 23.8. The summed E-state index contributed by atoms with van der Waals surface area (Å²) in [5.74, 6) is 2.94. The summed E-state index contributed by atoms with van der Waals surface area (Å²) >= 11 is 4.24. The van der Waals surface area contributed by atoms with E-state index in [1.54, 1.807) is 54.4 Å². The molecule has 4 saturated carbocycles. The third-order valence-corrected chi connectivity index (χ3v) is 26.7. The second kappa shape index (κ2) is 33.6. The van der Waals surface area contributed by atoms with E-state index in [0.29, 0.717) is 108 Å². The van der Waals surface area contributed by atoms with Crippen LogP contribution >= 0.6 is 45.2 Å². The molecule has 0 amide bonds. The van der Waals surface area contributed by atoms with Gasteiger partial charge >= 0.3 is 19.9 Å². The molecule has 11 heterocycles. The van der Waals surface area contributed by atoms with Gasteiger partial charge in [-0.15, -0.1) is 0 Å². The summed E-state index contributed by atoms with van der Waals surface area (Å²) in [7, 11) is -0.441. The van der Waals surface area contributed by atoms with Crippen molar-refractivity contribution < 1.29 is 63.5 Å². The van der Waals surface area contributed by atoms with Crippen molar-refractivity contribution >= 4 is 179 Å². The lowest BCUT2D eigenvalue weighted by Gasteiger charge is -2.36. The summed E-state index contributed by atoms with van der Waals surface area (Å²) in [5.41, 5.74) is 31.2. The highest BCUT2D eigenvalue weighted by molar-refractivity contribution is 14.1. The highest BCUT2D eigenvalue weighted by Crippen LogP contribution is 2.44. The average molecular weight is 1850 g/mol. The first-order valence-electron chi connectivity index (χ1n) is 37.9. The van der Waals surface area contributed by atoms with Crippen LogP contribution in [0.1, 0.15) is 143 Å². The molecular weight excluding hydrogens is 1760 g/mol. The number of nitrogens with one attached hydrogen (secondary N) is 1. The van der Waals surface area contributed by atoms with Gasteiger partial charge < -0.3 is 77.0 Å². The number of hydrogen-bond donors (Lipinski definition) is 11. The molecule has 11 aromatic heterocycles. The Hall–Kier alpha value is -10.8. The summed E-state index contributed by atoms with van der Waals surface area (Å²) in [5, 5.41) is 78.3. The molecule has 4 aliphatic rings. The van der Waals surface area contributed by atoms with E-state index in [1.807, 2.05) is 85.6 Å². The highest BCUT2D eigenvalue weighted by Gasteiger charge is 2.41. The summed E-state index contributed by atoms with van der Waals surface area (Å²) in [6, 6.07) is 22.5. The van der Waals surface area contributed by atoms with Crippen LogP contribution in [0.2, 0.25) is 18.1 Å². The molecule has 0 atom stereocenters. The van der Waals surface area contributed by atoms with Crippen molar-refractivity contribution in [2.24, 2.45) is 0 Å². The lowest BCUT2D eigenvalue weighted by Crippen LogP contribution is -2.43. The third kappa shape index (κ3) is 17.6. The maximum atomic E-state index is 13.3. The Balaban J connectivity index is 0.000000130. The Bertz CT molecular complexity index is 6110.